The van der Waals surface area contributed by atoms with Gasteiger partial charge in [-0.1, -0.05) is 276 Å². The maximum atomic E-state index is 12.9. The monoisotopic (exact) mass is 1060 g/mol. The molecule has 6 heteroatoms. The van der Waals surface area contributed by atoms with Crippen molar-refractivity contribution < 1.29 is 28.6 Å². The number of ether oxygens (including phenoxy) is 3. The van der Waals surface area contributed by atoms with Crippen LogP contribution in [0.25, 0.3) is 0 Å². The van der Waals surface area contributed by atoms with Crippen LogP contribution in [0.5, 0.6) is 0 Å². The standard InChI is InChI=1S/C71H116O6/c1-4-7-10-13-16-19-22-24-26-28-29-30-31-32-33-34-35-36-37-38-39-40-41-43-44-46-49-52-55-58-61-64-70(73)76-67-68(66-75-69(72)63-60-57-54-51-48-21-18-15-12-9-6-3)77-71(74)65-62-59-56-53-50-47-45-42-27-25-23-20-17-14-11-8-5-2/h7-8,10-11,16-17,19-20,24-27,29-30,32-33,35-36,38-39,41,43,68H,4-6,9,12-15,18,21-23,28,31,34,37,40,42,44-67H2,1-3H3/b10-7-,11-8-,19-16-,20-17-,26-24-,27-25-,30-29-,33-32-,36-35-,39-38-,43-41-. The lowest BCUT2D eigenvalue weighted by Crippen LogP contribution is -2.30. The van der Waals surface area contributed by atoms with E-state index in [1.165, 1.54) is 89.9 Å². The minimum Gasteiger partial charge on any atom is -0.462 e. The molecule has 436 valence electrons. The summed E-state index contributed by atoms with van der Waals surface area (Å²) in [6.07, 6.45) is 90.3. The Morgan fingerprint density at radius 1 is 0.273 bits per heavy atom. The zero-order valence-corrected chi connectivity index (χ0v) is 49.9. The number of carbonyl (C=O) groups is 3. The molecule has 0 bridgehead atoms. The Kier molecular flexibility index (Phi) is 60.4. The zero-order chi connectivity index (χ0) is 55.7. The Balaban J connectivity index is 4.31. The molecule has 0 saturated carbocycles. The minimum absolute atomic E-state index is 0.0879. The van der Waals surface area contributed by atoms with E-state index in [0.717, 1.165) is 148 Å². The van der Waals surface area contributed by atoms with E-state index in [2.05, 4.69) is 154 Å². The number of unbranched alkanes of at least 4 members (excludes halogenated alkanes) is 23. The Morgan fingerprint density at radius 3 is 0.792 bits per heavy atom. The van der Waals surface area contributed by atoms with Crippen LogP contribution in [-0.2, 0) is 28.6 Å². The van der Waals surface area contributed by atoms with E-state index in [0.29, 0.717) is 19.3 Å². The van der Waals surface area contributed by atoms with Crippen LogP contribution >= 0.6 is 0 Å². The molecule has 0 aromatic heterocycles. The van der Waals surface area contributed by atoms with Gasteiger partial charge < -0.3 is 14.2 Å². The van der Waals surface area contributed by atoms with E-state index < -0.39 is 6.10 Å². The van der Waals surface area contributed by atoms with Crippen molar-refractivity contribution in [2.24, 2.45) is 0 Å². The first-order valence-corrected chi connectivity index (χ1v) is 31.7. The molecular weight excluding hydrogens is 949 g/mol. The zero-order valence-electron chi connectivity index (χ0n) is 49.9. The third kappa shape index (κ3) is 62.3. The van der Waals surface area contributed by atoms with Gasteiger partial charge >= 0.3 is 17.9 Å². The van der Waals surface area contributed by atoms with E-state index in [9.17, 15) is 14.4 Å². The predicted octanol–water partition coefficient (Wildman–Crippen LogP) is 21.8. The van der Waals surface area contributed by atoms with E-state index in [1.807, 2.05) is 0 Å². The quantitative estimate of drug-likeness (QED) is 0.0261. The molecule has 0 N–H and O–H groups in total. The van der Waals surface area contributed by atoms with Gasteiger partial charge in [0.1, 0.15) is 13.2 Å². The Hall–Kier alpha value is -4.45. The lowest BCUT2D eigenvalue weighted by Gasteiger charge is -2.18. The maximum absolute atomic E-state index is 12.9. The van der Waals surface area contributed by atoms with Gasteiger partial charge in [-0.15, -0.1) is 0 Å². The highest BCUT2D eigenvalue weighted by Crippen LogP contribution is 2.15. The second kappa shape index (κ2) is 64.1. The molecule has 6 nitrogen and oxygen atoms in total. The summed E-state index contributed by atoms with van der Waals surface area (Å²) in [6, 6.07) is 0. The molecule has 0 spiro atoms. The molecule has 0 aliphatic carbocycles. The van der Waals surface area contributed by atoms with E-state index in [-0.39, 0.29) is 31.1 Å². The third-order valence-electron chi connectivity index (χ3n) is 13.2. The van der Waals surface area contributed by atoms with Crippen LogP contribution < -0.4 is 0 Å². The van der Waals surface area contributed by atoms with Crippen molar-refractivity contribution in [1.29, 1.82) is 0 Å². The summed E-state index contributed by atoms with van der Waals surface area (Å²) in [4.78, 5) is 38.2. The van der Waals surface area contributed by atoms with Crippen LogP contribution in [0.15, 0.2) is 134 Å². The first-order chi connectivity index (χ1) is 38.0. The van der Waals surface area contributed by atoms with Gasteiger partial charge in [0.15, 0.2) is 6.10 Å². The van der Waals surface area contributed by atoms with Crippen LogP contribution in [0.2, 0.25) is 0 Å². The van der Waals surface area contributed by atoms with Crippen LogP contribution in [0.4, 0.5) is 0 Å². The number of allylic oxidation sites excluding steroid dienone is 22. The molecule has 0 aliphatic heterocycles. The highest BCUT2D eigenvalue weighted by Gasteiger charge is 2.19. The molecule has 0 aromatic rings. The number of carbonyl (C=O) groups excluding carboxylic acids is 3. The Labute approximate surface area is 475 Å². The molecule has 0 aliphatic rings. The molecule has 0 aromatic carbocycles. The average Bonchev–Trinajstić information content (AvgIpc) is 3.43. The average molecular weight is 1070 g/mol. The second-order valence-corrected chi connectivity index (χ2v) is 20.6. The maximum Gasteiger partial charge on any atom is 0.306 e. The summed E-state index contributed by atoms with van der Waals surface area (Å²) in [7, 11) is 0. The molecule has 0 rings (SSSR count). The van der Waals surface area contributed by atoms with Crippen LogP contribution in [-0.4, -0.2) is 37.2 Å². The number of rotatable bonds is 56. The van der Waals surface area contributed by atoms with Gasteiger partial charge in [-0.25, -0.2) is 0 Å². The Bertz CT molecular complexity index is 1650. The molecule has 0 heterocycles. The molecule has 0 saturated heterocycles. The van der Waals surface area contributed by atoms with E-state index in [1.54, 1.807) is 0 Å². The van der Waals surface area contributed by atoms with Crippen LogP contribution in [0, 0.1) is 0 Å². The van der Waals surface area contributed by atoms with Gasteiger partial charge in [0.2, 0.25) is 0 Å². The van der Waals surface area contributed by atoms with Crippen LogP contribution in [0.3, 0.4) is 0 Å². The predicted molar refractivity (Wildman–Crippen MR) is 334 cm³/mol. The first kappa shape index (κ1) is 72.5. The molecular formula is C71H116O6. The van der Waals surface area contributed by atoms with Gasteiger partial charge in [0.05, 0.1) is 0 Å². The van der Waals surface area contributed by atoms with Gasteiger partial charge in [-0.2, -0.15) is 0 Å². The second-order valence-electron chi connectivity index (χ2n) is 20.6. The van der Waals surface area contributed by atoms with Crippen molar-refractivity contribution in [3.8, 4) is 0 Å². The number of hydrogen-bond donors (Lipinski definition) is 0. The van der Waals surface area contributed by atoms with Crippen molar-refractivity contribution in [1.82, 2.24) is 0 Å². The SMILES string of the molecule is CC/C=C\C/C=C\C/C=C\C/C=C\C/C=C\C/C=C\C/C=C\C/C=C\CCCCCCCCC(=O)OCC(COC(=O)CCCCCCCCCCCCC)OC(=O)CCCCCCCCC/C=C\C/C=C\C/C=C\CC. The molecule has 1 atom stereocenters. The molecule has 77 heavy (non-hydrogen) atoms. The van der Waals surface area contributed by atoms with Gasteiger partial charge in [0, 0.05) is 19.3 Å². The van der Waals surface area contributed by atoms with Crippen LogP contribution in [0.1, 0.15) is 278 Å². The topological polar surface area (TPSA) is 78.9 Å². The summed E-state index contributed by atoms with van der Waals surface area (Å²) in [5.74, 6) is -0.912. The lowest BCUT2D eigenvalue weighted by atomic mass is 10.1. The largest absolute Gasteiger partial charge is 0.462 e. The summed E-state index contributed by atoms with van der Waals surface area (Å²) in [6.45, 7) is 6.39. The van der Waals surface area contributed by atoms with Gasteiger partial charge in [-0.3, -0.25) is 14.4 Å². The fourth-order valence-electron chi connectivity index (χ4n) is 8.47. The van der Waals surface area contributed by atoms with Crippen molar-refractivity contribution in [2.45, 2.75) is 284 Å². The highest BCUT2D eigenvalue weighted by atomic mass is 16.6. The minimum atomic E-state index is -0.792. The van der Waals surface area contributed by atoms with E-state index >= 15 is 0 Å². The fourth-order valence-corrected chi connectivity index (χ4v) is 8.47. The van der Waals surface area contributed by atoms with Crippen molar-refractivity contribution >= 4 is 17.9 Å². The number of hydrogen-bond acceptors (Lipinski definition) is 6. The van der Waals surface area contributed by atoms with Crippen molar-refractivity contribution in [3.63, 3.8) is 0 Å². The normalized spacial score (nSPS) is 13.0. The summed E-state index contributed by atoms with van der Waals surface area (Å²) in [5.41, 5.74) is 0. The number of esters is 3. The molecule has 0 radical (unpaired) electrons. The third-order valence-corrected chi connectivity index (χ3v) is 13.2. The highest BCUT2D eigenvalue weighted by molar-refractivity contribution is 5.71. The van der Waals surface area contributed by atoms with Gasteiger partial charge in [-0.05, 0) is 116 Å². The first-order valence-electron chi connectivity index (χ1n) is 31.7. The summed E-state index contributed by atoms with van der Waals surface area (Å²) < 4.78 is 16.9. The summed E-state index contributed by atoms with van der Waals surface area (Å²) >= 11 is 0. The Morgan fingerprint density at radius 2 is 0.506 bits per heavy atom. The molecule has 0 amide bonds. The molecule has 0 fully saturated rings. The fraction of sp³-hybridized carbons (Fsp3) is 0.648. The van der Waals surface area contributed by atoms with Crippen molar-refractivity contribution in [2.75, 3.05) is 13.2 Å². The summed E-state index contributed by atoms with van der Waals surface area (Å²) in [5, 5.41) is 0. The lowest BCUT2D eigenvalue weighted by molar-refractivity contribution is -0.167. The van der Waals surface area contributed by atoms with Crippen molar-refractivity contribution in [3.05, 3.63) is 134 Å². The van der Waals surface area contributed by atoms with E-state index in [4.69, 9.17) is 14.2 Å². The smallest absolute Gasteiger partial charge is 0.306 e. The van der Waals surface area contributed by atoms with Gasteiger partial charge in [0.25, 0.3) is 0 Å². The molecule has 1 unspecified atom stereocenters.